The molecule has 0 unspecified atom stereocenters. The summed E-state index contributed by atoms with van der Waals surface area (Å²) in [4.78, 5) is 12.2. The van der Waals surface area contributed by atoms with E-state index in [4.69, 9.17) is 0 Å². The molecule has 0 radical (unpaired) electrons. The molecule has 0 bridgehead atoms. The van der Waals surface area contributed by atoms with Crippen LogP contribution in [0.2, 0.25) is 0 Å². The van der Waals surface area contributed by atoms with E-state index in [1.807, 2.05) is 19.1 Å². The molecule has 0 aromatic heterocycles. The molecule has 6 heteroatoms. The maximum atomic E-state index is 12.2. The molecule has 104 valence electrons. The minimum absolute atomic E-state index is 0.160. The molecule has 0 aliphatic carbocycles. The first-order valence-electron chi connectivity index (χ1n) is 5.68. The van der Waals surface area contributed by atoms with Crippen molar-refractivity contribution in [2.45, 2.75) is 6.92 Å². The van der Waals surface area contributed by atoms with Crippen molar-refractivity contribution < 1.29 is 15.0 Å². The number of rotatable bonds is 2. The van der Waals surface area contributed by atoms with Crippen LogP contribution in [0.25, 0.3) is 0 Å². The number of halogens is 2. The van der Waals surface area contributed by atoms with Gasteiger partial charge in [0.25, 0.3) is 5.91 Å². The van der Waals surface area contributed by atoms with Crippen LogP contribution in [0.15, 0.2) is 39.3 Å². The fourth-order valence-corrected chi connectivity index (χ4v) is 3.37. The van der Waals surface area contributed by atoms with Gasteiger partial charge in [-0.1, -0.05) is 6.07 Å². The average molecular weight is 401 g/mol. The van der Waals surface area contributed by atoms with E-state index in [-0.39, 0.29) is 17.1 Å². The molecule has 0 saturated heterocycles. The number of carbonyl (C=O) groups is 1. The molecule has 0 fully saturated rings. The van der Waals surface area contributed by atoms with Crippen LogP contribution in [0.5, 0.6) is 11.5 Å². The summed E-state index contributed by atoms with van der Waals surface area (Å²) in [6.45, 7) is 1.93. The number of phenolic OH excluding ortho intramolecular Hbond substituents is 2. The van der Waals surface area contributed by atoms with E-state index in [1.165, 1.54) is 18.2 Å². The first kappa shape index (κ1) is 14.9. The second-order valence-electron chi connectivity index (χ2n) is 4.23. The van der Waals surface area contributed by atoms with Gasteiger partial charge in [0.2, 0.25) is 0 Å². The molecule has 0 spiro atoms. The molecule has 20 heavy (non-hydrogen) atoms. The zero-order valence-electron chi connectivity index (χ0n) is 10.4. The summed E-state index contributed by atoms with van der Waals surface area (Å²) in [7, 11) is 0. The molecule has 3 N–H and O–H groups in total. The van der Waals surface area contributed by atoms with Crippen molar-refractivity contribution in [3.05, 3.63) is 50.4 Å². The molecule has 0 heterocycles. The lowest BCUT2D eigenvalue weighted by atomic mass is 10.1. The topological polar surface area (TPSA) is 69.6 Å². The molecule has 2 aromatic carbocycles. The van der Waals surface area contributed by atoms with Gasteiger partial charge in [0.15, 0.2) is 0 Å². The van der Waals surface area contributed by atoms with Gasteiger partial charge < -0.3 is 15.5 Å². The van der Waals surface area contributed by atoms with E-state index in [0.29, 0.717) is 14.6 Å². The lowest BCUT2D eigenvalue weighted by Crippen LogP contribution is -2.13. The summed E-state index contributed by atoms with van der Waals surface area (Å²) >= 11 is 6.73. The van der Waals surface area contributed by atoms with E-state index in [9.17, 15) is 15.0 Å². The van der Waals surface area contributed by atoms with Crippen LogP contribution in [0, 0.1) is 6.92 Å². The maximum absolute atomic E-state index is 12.2. The second kappa shape index (κ2) is 5.85. The number of hydrogen-bond donors (Lipinski definition) is 3. The maximum Gasteiger partial charge on any atom is 0.263 e. The molecule has 0 atom stereocenters. The van der Waals surface area contributed by atoms with Gasteiger partial charge in [-0.25, -0.2) is 0 Å². The lowest BCUT2D eigenvalue weighted by molar-refractivity contribution is 0.102. The Hall–Kier alpha value is -1.53. The van der Waals surface area contributed by atoms with E-state index in [2.05, 4.69) is 37.2 Å². The monoisotopic (exact) mass is 399 g/mol. The third-order valence-corrected chi connectivity index (χ3v) is 3.92. The van der Waals surface area contributed by atoms with Crippen LogP contribution in [-0.4, -0.2) is 16.1 Å². The highest BCUT2D eigenvalue weighted by Crippen LogP contribution is 2.34. The SMILES string of the molecule is Cc1cc(Br)c(NC(=O)c2c(O)cccc2O)c(Br)c1. The largest absolute Gasteiger partial charge is 0.507 e. The number of aromatic hydroxyl groups is 2. The Bertz CT molecular complexity index is 643. The van der Waals surface area contributed by atoms with Crippen LogP contribution >= 0.6 is 31.9 Å². The summed E-state index contributed by atoms with van der Waals surface area (Å²) in [6.07, 6.45) is 0. The first-order valence-corrected chi connectivity index (χ1v) is 7.26. The highest BCUT2D eigenvalue weighted by molar-refractivity contribution is 9.11. The van der Waals surface area contributed by atoms with Gasteiger partial charge in [0.05, 0.1) is 5.69 Å². The quantitative estimate of drug-likeness (QED) is 0.708. The lowest BCUT2D eigenvalue weighted by Gasteiger charge is -2.12. The molecule has 0 aliphatic rings. The van der Waals surface area contributed by atoms with Crippen LogP contribution < -0.4 is 5.32 Å². The number of hydrogen-bond acceptors (Lipinski definition) is 3. The molecule has 0 aliphatic heterocycles. The summed E-state index contributed by atoms with van der Waals surface area (Å²) in [5.41, 5.74) is 1.39. The Morgan fingerprint density at radius 1 is 1.10 bits per heavy atom. The van der Waals surface area contributed by atoms with Gasteiger partial charge in [0.1, 0.15) is 17.1 Å². The van der Waals surface area contributed by atoms with Gasteiger partial charge in [-0.15, -0.1) is 0 Å². The average Bonchev–Trinajstić information content (AvgIpc) is 2.33. The molecule has 4 nitrogen and oxygen atoms in total. The molecule has 1 amide bonds. The number of benzene rings is 2. The van der Waals surface area contributed by atoms with Crippen molar-refractivity contribution >= 4 is 43.5 Å². The summed E-state index contributed by atoms with van der Waals surface area (Å²) < 4.78 is 1.40. The number of amides is 1. The predicted octanol–water partition coefficient (Wildman–Crippen LogP) is 4.18. The number of phenols is 2. The molecule has 2 aromatic rings. The van der Waals surface area contributed by atoms with Crippen LogP contribution in [-0.2, 0) is 0 Å². The highest BCUT2D eigenvalue weighted by atomic mass is 79.9. The third kappa shape index (κ3) is 2.96. The molecule has 0 saturated carbocycles. The summed E-state index contributed by atoms with van der Waals surface area (Å²) in [5.74, 6) is -1.14. The predicted molar refractivity (Wildman–Crippen MR) is 84.3 cm³/mol. The van der Waals surface area contributed by atoms with Crippen molar-refractivity contribution in [3.63, 3.8) is 0 Å². The van der Waals surface area contributed by atoms with Gasteiger partial charge in [-0.05, 0) is 68.6 Å². The van der Waals surface area contributed by atoms with E-state index < -0.39 is 5.91 Å². The van der Waals surface area contributed by atoms with E-state index in [0.717, 1.165) is 5.56 Å². The van der Waals surface area contributed by atoms with Crippen molar-refractivity contribution in [2.75, 3.05) is 5.32 Å². The zero-order chi connectivity index (χ0) is 14.9. The van der Waals surface area contributed by atoms with Crippen molar-refractivity contribution in [3.8, 4) is 11.5 Å². The second-order valence-corrected chi connectivity index (χ2v) is 5.94. The number of carbonyl (C=O) groups excluding carboxylic acids is 1. The minimum atomic E-state index is -0.592. The first-order chi connectivity index (χ1) is 9.40. The molecular weight excluding hydrogens is 390 g/mol. The van der Waals surface area contributed by atoms with Gasteiger partial charge in [-0.2, -0.15) is 0 Å². The van der Waals surface area contributed by atoms with E-state index in [1.54, 1.807) is 0 Å². The number of nitrogens with one attached hydrogen (secondary N) is 1. The highest BCUT2D eigenvalue weighted by Gasteiger charge is 2.18. The van der Waals surface area contributed by atoms with Crippen molar-refractivity contribution in [2.24, 2.45) is 0 Å². The van der Waals surface area contributed by atoms with Crippen LogP contribution in [0.3, 0.4) is 0 Å². The van der Waals surface area contributed by atoms with Gasteiger partial charge in [-0.3, -0.25) is 4.79 Å². The van der Waals surface area contributed by atoms with Crippen LogP contribution in [0.1, 0.15) is 15.9 Å². The zero-order valence-corrected chi connectivity index (χ0v) is 13.6. The Morgan fingerprint density at radius 2 is 1.60 bits per heavy atom. The molecule has 2 rings (SSSR count). The van der Waals surface area contributed by atoms with Crippen LogP contribution in [0.4, 0.5) is 5.69 Å². The summed E-state index contributed by atoms with van der Waals surface area (Å²) in [5, 5.41) is 22.0. The summed E-state index contributed by atoms with van der Waals surface area (Å²) in [6, 6.07) is 7.84. The fraction of sp³-hybridized carbons (Fsp3) is 0.0714. The number of anilines is 1. The Morgan fingerprint density at radius 3 is 2.10 bits per heavy atom. The number of aryl methyl sites for hydroxylation is 1. The third-order valence-electron chi connectivity index (χ3n) is 2.67. The van der Waals surface area contributed by atoms with Crippen molar-refractivity contribution in [1.82, 2.24) is 0 Å². The van der Waals surface area contributed by atoms with Gasteiger partial charge >= 0.3 is 0 Å². The standard InChI is InChI=1S/C14H11Br2NO3/c1-7-5-8(15)13(9(16)6-7)17-14(20)12-10(18)3-2-4-11(12)19/h2-6,18-19H,1H3,(H,17,20). The Balaban J connectivity index is 2.38. The fourth-order valence-electron chi connectivity index (χ4n) is 1.76. The Kier molecular flexibility index (Phi) is 4.35. The van der Waals surface area contributed by atoms with E-state index >= 15 is 0 Å². The van der Waals surface area contributed by atoms with Crippen molar-refractivity contribution in [1.29, 1.82) is 0 Å². The normalized spacial score (nSPS) is 10.3. The minimum Gasteiger partial charge on any atom is -0.507 e. The molecular formula is C14H11Br2NO3. The Labute approximate surface area is 132 Å². The van der Waals surface area contributed by atoms with Gasteiger partial charge in [0, 0.05) is 8.95 Å². The smallest absolute Gasteiger partial charge is 0.263 e.